The maximum Gasteiger partial charge on any atom is 0.472 e. The fourth-order valence-corrected chi connectivity index (χ4v) is 11.4. The average Bonchev–Trinajstić information content (AvgIpc) is 3.64. The lowest BCUT2D eigenvalue weighted by Crippen LogP contribution is -2.30. The standard InChI is InChI=1S/C66H128O17P2/c1-8-9-10-11-12-13-19-26-33-40-47-63(68)76-54-62(83-66(71)50-43-36-29-22-25-32-39-46-59(6)7)56-81-85(74,75)79-52-60(67)51-78-84(72,73)80-55-61(53-77-64(69)48-41-34-27-21-16-18-24-31-38-45-58(4)5)82-65(70)49-42-35-28-20-15-14-17-23-30-37-44-57(2)3/h57-62,67H,8-56H2,1-7H3,(H,72,73)(H,74,75)/t60-,61-,62-/m1/s1. The number of ether oxygens (including phenoxy) is 4. The molecule has 0 aromatic carbocycles. The van der Waals surface area contributed by atoms with Crippen LogP contribution in [0.25, 0.3) is 0 Å². The van der Waals surface area contributed by atoms with Crippen molar-refractivity contribution in [2.75, 3.05) is 39.6 Å². The minimum absolute atomic E-state index is 0.103. The number of phosphoric acid groups is 2. The molecule has 504 valence electrons. The minimum atomic E-state index is -4.95. The zero-order chi connectivity index (χ0) is 63.1. The molecule has 0 aliphatic carbocycles. The van der Waals surface area contributed by atoms with Crippen LogP contribution in [-0.4, -0.2) is 96.7 Å². The normalized spacial score (nSPS) is 14.3. The number of rotatable bonds is 64. The molecule has 0 aliphatic heterocycles. The lowest BCUT2D eigenvalue weighted by atomic mass is 10.0. The number of aliphatic hydroxyl groups is 1. The van der Waals surface area contributed by atoms with Gasteiger partial charge < -0.3 is 33.8 Å². The number of aliphatic hydroxyl groups excluding tert-OH is 1. The van der Waals surface area contributed by atoms with Gasteiger partial charge in [-0.1, -0.05) is 273 Å². The molecule has 0 spiro atoms. The fourth-order valence-electron chi connectivity index (χ4n) is 9.83. The summed E-state index contributed by atoms with van der Waals surface area (Å²) in [5.41, 5.74) is 0. The quantitative estimate of drug-likeness (QED) is 0.0222. The molecule has 0 radical (unpaired) electrons. The molecule has 0 saturated heterocycles. The molecular weight excluding hydrogens is 1130 g/mol. The molecule has 0 fully saturated rings. The molecule has 0 amide bonds. The molecule has 17 nitrogen and oxygen atoms in total. The van der Waals surface area contributed by atoms with Crippen LogP contribution in [0.1, 0.15) is 325 Å². The van der Waals surface area contributed by atoms with E-state index in [4.69, 9.17) is 37.0 Å². The van der Waals surface area contributed by atoms with Gasteiger partial charge in [-0.25, -0.2) is 9.13 Å². The Hall–Kier alpha value is -1.94. The van der Waals surface area contributed by atoms with E-state index in [1.807, 2.05) is 0 Å². The molecule has 0 saturated carbocycles. The van der Waals surface area contributed by atoms with E-state index in [9.17, 15) is 43.2 Å². The van der Waals surface area contributed by atoms with Gasteiger partial charge in [0, 0.05) is 25.7 Å². The van der Waals surface area contributed by atoms with Crippen molar-refractivity contribution in [2.24, 2.45) is 17.8 Å². The Morgan fingerprint density at radius 1 is 0.318 bits per heavy atom. The monoisotopic (exact) mass is 1250 g/mol. The van der Waals surface area contributed by atoms with Crippen LogP contribution in [0.2, 0.25) is 0 Å². The average molecular weight is 1260 g/mol. The van der Waals surface area contributed by atoms with Gasteiger partial charge in [-0.05, 0) is 43.4 Å². The summed E-state index contributed by atoms with van der Waals surface area (Å²) in [5, 5.41) is 10.5. The van der Waals surface area contributed by atoms with Crippen LogP contribution in [0.4, 0.5) is 0 Å². The molecule has 3 N–H and O–H groups in total. The first-order chi connectivity index (χ1) is 40.7. The van der Waals surface area contributed by atoms with Gasteiger partial charge in [-0.15, -0.1) is 0 Å². The highest BCUT2D eigenvalue weighted by molar-refractivity contribution is 7.47. The Balaban J connectivity index is 5.25. The first kappa shape index (κ1) is 83.1. The van der Waals surface area contributed by atoms with Crippen LogP contribution in [-0.2, 0) is 65.4 Å². The van der Waals surface area contributed by atoms with Crippen LogP contribution in [0.15, 0.2) is 0 Å². The number of carbonyl (C=O) groups is 4. The van der Waals surface area contributed by atoms with Gasteiger partial charge in [-0.3, -0.25) is 37.3 Å². The van der Waals surface area contributed by atoms with Crippen molar-refractivity contribution in [3.63, 3.8) is 0 Å². The van der Waals surface area contributed by atoms with Crippen molar-refractivity contribution >= 4 is 39.5 Å². The predicted molar refractivity (Wildman–Crippen MR) is 340 cm³/mol. The molecule has 85 heavy (non-hydrogen) atoms. The molecule has 0 aromatic heterocycles. The first-order valence-electron chi connectivity index (χ1n) is 34.3. The summed E-state index contributed by atoms with van der Waals surface area (Å²) in [7, 11) is -9.89. The lowest BCUT2D eigenvalue weighted by molar-refractivity contribution is -0.161. The Labute approximate surface area is 517 Å². The number of phosphoric ester groups is 2. The summed E-state index contributed by atoms with van der Waals surface area (Å²) < 4.78 is 68.1. The smallest absolute Gasteiger partial charge is 0.462 e. The fraction of sp³-hybridized carbons (Fsp3) is 0.939. The van der Waals surface area contributed by atoms with Gasteiger partial charge in [-0.2, -0.15) is 0 Å². The summed E-state index contributed by atoms with van der Waals surface area (Å²) in [6.07, 6.45) is 39.0. The molecule has 0 rings (SSSR count). The number of carbonyl (C=O) groups excluding carboxylic acids is 4. The van der Waals surface area contributed by atoms with E-state index in [0.717, 1.165) is 102 Å². The number of esters is 4. The Morgan fingerprint density at radius 3 is 0.800 bits per heavy atom. The third-order valence-corrected chi connectivity index (χ3v) is 17.0. The summed E-state index contributed by atoms with van der Waals surface area (Å²) in [6.45, 7) is 11.7. The number of unbranched alkanes of at least 4 members (excludes halogenated alkanes) is 32. The predicted octanol–water partition coefficient (Wildman–Crippen LogP) is 18.3. The Kier molecular flexibility index (Phi) is 55.9. The van der Waals surface area contributed by atoms with Crippen molar-refractivity contribution in [1.29, 1.82) is 0 Å². The summed E-state index contributed by atoms with van der Waals surface area (Å²) in [5.74, 6) is 0.0572. The SMILES string of the molecule is CCCCCCCCCCCCC(=O)OC[C@H](COP(=O)(O)OC[C@H](O)COP(=O)(O)OC[C@@H](COC(=O)CCCCCCCCCCCC(C)C)OC(=O)CCCCCCCCCCCCC(C)C)OC(=O)CCCCCCCCCC(C)C. The molecular formula is C66H128O17P2. The zero-order valence-electron chi connectivity index (χ0n) is 55.1. The van der Waals surface area contributed by atoms with E-state index in [1.165, 1.54) is 135 Å². The molecule has 0 bridgehead atoms. The largest absolute Gasteiger partial charge is 0.472 e. The van der Waals surface area contributed by atoms with Gasteiger partial charge in [0.2, 0.25) is 0 Å². The van der Waals surface area contributed by atoms with Crippen LogP contribution in [0.5, 0.6) is 0 Å². The maximum absolute atomic E-state index is 13.0. The Morgan fingerprint density at radius 2 is 0.541 bits per heavy atom. The summed E-state index contributed by atoms with van der Waals surface area (Å²) >= 11 is 0. The van der Waals surface area contributed by atoms with Crippen molar-refractivity contribution in [1.82, 2.24) is 0 Å². The number of hydrogen-bond acceptors (Lipinski definition) is 15. The molecule has 0 aliphatic rings. The first-order valence-corrected chi connectivity index (χ1v) is 37.3. The highest BCUT2D eigenvalue weighted by atomic mass is 31.2. The van der Waals surface area contributed by atoms with E-state index in [0.29, 0.717) is 31.6 Å². The second-order valence-corrected chi connectivity index (χ2v) is 28.2. The van der Waals surface area contributed by atoms with Crippen molar-refractivity contribution < 1.29 is 80.2 Å². The van der Waals surface area contributed by atoms with Crippen LogP contribution >= 0.6 is 15.6 Å². The van der Waals surface area contributed by atoms with Gasteiger partial charge in [0.15, 0.2) is 12.2 Å². The highest BCUT2D eigenvalue weighted by Gasteiger charge is 2.30. The van der Waals surface area contributed by atoms with Crippen LogP contribution in [0, 0.1) is 17.8 Å². The second-order valence-electron chi connectivity index (χ2n) is 25.3. The van der Waals surface area contributed by atoms with E-state index in [1.54, 1.807) is 0 Å². The molecule has 0 heterocycles. The maximum atomic E-state index is 13.0. The van der Waals surface area contributed by atoms with E-state index < -0.39 is 97.5 Å². The Bertz CT molecular complexity index is 1680. The zero-order valence-corrected chi connectivity index (χ0v) is 56.9. The highest BCUT2D eigenvalue weighted by Crippen LogP contribution is 2.45. The molecule has 5 atom stereocenters. The van der Waals surface area contributed by atoms with Crippen molar-refractivity contribution in [3.05, 3.63) is 0 Å². The van der Waals surface area contributed by atoms with Gasteiger partial charge in [0.05, 0.1) is 26.4 Å². The topological polar surface area (TPSA) is 237 Å². The summed E-state index contributed by atoms with van der Waals surface area (Å²) in [6, 6.07) is 0. The van der Waals surface area contributed by atoms with Crippen LogP contribution < -0.4 is 0 Å². The molecule has 0 aromatic rings. The third-order valence-electron chi connectivity index (χ3n) is 15.1. The van der Waals surface area contributed by atoms with E-state index in [2.05, 4.69) is 48.5 Å². The van der Waals surface area contributed by atoms with E-state index in [-0.39, 0.29) is 25.7 Å². The van der Waals surface area contributed by atoms with Gasteiger partial charge in [0.25, 0.3) is 0 Å². The van der Waals surface area contributed by atoms with Crippen molar-refractivity contribution in [2.45, 2.75) is 343 Å². The van der Waals surface area contributed by atoms with Gasteiger partial charge in [0.1, 0.15) is 19.3 Å². The van der Waals surface area contributed by atoms with Gasteiger partial charge >= 0.3 is 39.5 Å². The number of hydrogen-bond donors (Lipinski definition) is 3. The molecule has 2 unspecified atom stereocenters. The molecule has 19 heteroatoms. The minimum Gasteiger partial charge on any atom is -0.462 e. The van der Waals surface area contributed by atoms with Crippen LogP contribution in [0.3, 0.4) is 0 Å². The third kappa shape index (κ3) is 60.7. The van der Waals surface area contributed by atoms with E-state index >= 15 is 0 Å². The second kappa shape index (κ2) is 57.2. The van der Waals surface area contributed by atoms with Crippen molar-refractivity contribution in [3.8, 4) is 0 Å². The summed E-state index contributed by atoms with van der Waals surface area (Å²) in [4.78, 5) is 72.3. The lowest BCUT2D eigenvalue weighted by Gasteiger charge is -2.21.